The number of fused-ring (bicyclic) bond motifs is 1. The number of imidazole rings is 1. The Morgan fingerprint density at radius 1 is 1.11 bits per heavy atom. The van der Waals surface area contributed by atoms with Gasteiger partial charge in [0, 0.05) is 44.8 Å². The van der Waals surface area contributed by atoms with Gasteiger partial charge in [-0.25, -0.2) is 9.78 Å². The number of benzene rings is 2. The number of methoxy groups -OCH3 is 1. The molecule has 4 rings (SSSR count). The highest BCUT2D eigenvalue weighted by Crippen LogP contribution is 2.20. The molecule has 2 heterocycles. The highest BCUT2D eigenvalue weighted by Gasteiger charge is 2.21. The first-order valence-corrected chi connectivity index (χ1v) is 9.58. The van der Waals surface area contributed by atoms with Crippen molar-refractivity contribution in [2.45, 2.75) is 6.42 Å². The van der Waals surface area contributed by atoms with Crippen LogP contribution < -0.4 is 15.0 Å². The van der Waals surface area contributed by atoms with Gasteiger partial charge in [0.25, 0.3) is 0 Å². The molecule has 0 unspecified atom stereocenters. The van der Waals surface area contributed by atoms with Gasteiger partial charge in [-0.15, -0.1) is 0 Å². The number of aromatic amines is 1. The largest absolute Gasteiger partial charge is 0.497 e. The van der Waals surface area contributed by atoms with Crippen molar-refractivity contribution in [3.63, 3.8) is 0 Å². The summed E-state index contributed by atoms with van der Waals surface area (Å²) in [7, 11) is 1.67. The average molecular weight is 379 g/mol. The van der Waals surface area contributed by atoms with Crippen molar-refractivity contribution in [1.82, 2.24) is 20.2 Å². The van der Waals surface area contributed by atoms with Gasteiger partial charge in [-0.3, -0.25) is 0 Å². The van der Waals surface area contributed by atoms with Crippen LogP contribution in [0.25, 0.3) is 11.0 Å². The molecule has 7 heteroatoms. The Morgan fingerprint density at radius 2 is 1.86 bits per heavy atom. The molecule has 2 aromatic carbocycles. The van der Waals surface area contributed by atoms with E-state index in [9.17, 15) is 4.79 Å². The SMILES string of the molecule is COc1ccc(N2CCN(C(=O)NCCc3nc4ccccc4[nH]3)CC2)cc1. The van der Waals surface area contributed by atoms with Gasteiger partial charge < -0.3 is 24.8 Å². The standard InChI is InChI=1S/C21H25N5O2/c1-28-17-8-6-16(7-9-17)25-12-14-26(15-13-25)21(27)22-11-10-20-23-18-4-2-3-5-19(18)24-20/h2-9H,10-15H2,1H3,(H,22,27)(H,23,24). The number of anilines is 1. The summed E-state index contributed by atoms with van der Waals surface area (Å²) in [6.07, 6.45) is 0.687. The van der Waals surface area contributed by atoms with Crippen LogP contribution in [0.1, 0.15) is 5.82 Å². The number of hydrogen-bond acceptors (Lipinski definition) is 4. The lowest BCUT2D eigenvalue weighted by atomic mass is 10.2. The molecule has 28 heavy (non-hydrogen) atoms. The molecule has 1 aliphatic rings. The van der Waals surface area contributed by atoms with Gasteiger partial charge in [0.05, 0.1) is 18.1 Å². The van der Waals surface area contributed by atoms with Gasteiger partial charge in [0.2, 0.25) is 0 Å². The minimum absolute atomic E-state index is 0.00880. The maximum atomic E-state index is 12.4. The summed E-state index contributed by atoms with van der Waals surface area (Å²) in [5, 5.41) is 3.01. The molecule has 146 valence electrons. The fraction of sp³-hybridized carbons (Fsp3) is 0.333. The maximum absolute atomic E-state index is 12.4. The van der Waals surface area contributed by atoms with Gasteiger partial charge in [-0.1, -0.05) is 12.1 Å². The number of ether oxygens (including phenoxy) is 1. The number of aromatic nitrogens is 2. The summed E-state index contributed by atoms with van der Waals surface area (Å²) in [6.45, 7) is 3.63. The second-order valence-corrected chi connectivity index (χ2v) is 6.85. The number of carbonyl (C=O) groups excluding carboxylic acids is 1. The Hall–Kier alpha value is -3.22. The van der Waals surface area contributed by atoms with Gasteiger partial charge in [-0.2, -0.15) is 0 Å². The molecule has 1 aromatic heterocycles. The van der Waals surface area contributed by atoms with Crippen molar-refractivity contribution in [1.29, 1.82) is 0 Å². The summed E-state index contributed by atoms with van der Waals surface area (Å²) in [6, 6.07) is 16.0. The zero-order chi connectivity index (χ0) is 19.3. The fourth-order valence-electron chi connectivity index (χ4n) is 3.48. The van der Waals surface area contributed by atoms with Gasteiger partial charge in [0.15, 0.2) is 0 Å². The topological polar surface area (TPSA) is 73.5 Å². The van der Waals surface area contributed by atoms with Crippen LogP contribution in [0.3, 0.4) is 0 Å². The van der Waals surface area contributed by atoms with Crippen molar-refractivity contribution in [2.24, 2.45) is 0 Å². The molecule has 7 nitrogen and oxygen atoms in total. The molecule has 1 saturated heterocycles. The van der Waals surface area contributed by atoms with E-state index in [0.717, 1.165) is 41.4 Å². The van der Waals surface area contributed by atoms with E-state index in [1.807, 2.05) is 41.3 Å². The predicted molar refractivity (Wildman–Crippen MR) is 110 cm³/mol. The first-order chi connectivity index (χ1) is 13.7. The molecular formula is C21H25N5O2. The van der Waals surface area contributed by atoms with Gasteiger partial charge in [-0.05, 0) is 36.4 Å². The number of nitrogens with zero attached hydrogens (tertiary/aromatic N) is 3. The third kappa shape index (κ3) is 4.03. The molecule has 2 N–H and O–H groups in total. The van der Waals surface area contributed by atoms with Crippen LogP contribution in [0.5, 0.6) is 5.75 Å². The Balaban J connectivity index is 1.23. The third-order valence-electron chi connectivity index (χ3n) is 5.08. The number of H-pyrrole nitrogens is 1. The lowest BCUT2D eigenvalue weighted by Gasteiger charge is -2.36. The summed E-state index contributed by atoms with van der Waals surface area (Å²) in [5.41, 5.74) is 3.14. The molecule has 0 aliphatic carbocycles. The summed E-state index contributed by atoms with van der Waals surface area (Å²) >= 11 is 0. The Labute approximate surface area is 164 Å². The highest BCUT2D eigenvalue weighted by atomic mass is 16.5. The van der Waals surface area contributed by atoms with E-state index in [-0.39, 0.29) is 6.03 Å². The molecule has 1 fully saturated rings. The van der Waals surface area contributed by atoms with Gasteiger partial charge >= 0.3 is 6.03 Å². The van der Waals surface area contributed by atoms with Crippen molar-refractivity contribution in [3.8, 4) is 5.75 Å². The van der Waals surface area contributed by atoms with Crippen molar-refractivity contribution < 1.29 is 9.53 Å². The molecule has 0 atom stereocenters. The Kier molecular flexibility index (Phi) is 5.32. The first-order valence-electron chi connectivity index (χ1n) is 9.58. The molecule has 0 radical (unpaired) electrons. The lowest BCUT2D eigenvalue weighted by Crippen LogP contribution is -2.52. The van der Waals surface area contributed by atoms with E-state index in [2.05, 4.69) is 32.3 Å². The highest BCUT2D eigenvalue weighted by molar-refractivity contribution is 5.75. The van der Waals surface area contributed by atoms with E-state index in [1.54, 1.807) is 7.11 Å². The zero-order valence-electron chi connectivity index (χ0n) is 16.0. The second-order valence-electron chi connectivity index (χ2n) is 6.85. The number of para-hydroxylation sites is 2. The molecule has 3 aromatic rings. The molecular weight excluding hydrogens is 354 g/mol. The van der Waals surface area contributed by atoms with Crippen LogP contribution >= 0.6 is 0 Å². The normalized spacial score (nSPS) is 14.3. The number of amides is 2. The molecule has 0 saturated carbocycles. The predicted octanol–water partition coefficient (Wildman–Crippen LogP) is 2.65. The summed E-state index contributed by atoms with van der Waals surface area (Å²) in [5.74, 6) is 1.75. The summed E-state index contributed by atoms with van der Waals surface area (Å²) < 4.78 is 5.21. The van der Waals surface area contributed by atoms with Crippen LogP contribution in [0.2, 0.25) is 0 Å². The van der Waals surface area contributed by atoms with E-state index in [1.165, 1.54) is 0 Å². The van der Waals surface area contributed by atoms with Crippen LogP contribution in [0.4, 0.5) is 10.5 Å². The Bertz CT molecular complexity index is 896. The number of hydrogen-bond donors (Lipinski definition) is 2. The first kappa shape index (κ1) is 18.2. The number of piperazine rings is 1. The quantitative estimate of drug-likeness (QED) is 0.715. The molecule has 0 bridgehead atoms. The Morgan fingerprint density at radius 3 is 2.57 bits per heavy atom. The van der Waals surface area contributed by atoms with Crippen molar-refractivity contribution in [2.75, 3.05) is 44.7 Å². The van der Waals surface area contributed by atoms with Crippen LogP contribution in [-0.4, -0.2) is 60.7 Å². The summed E-state index contributed by atoms with van der Waals surface area (Å²) in [4.78, 5) is 24.4. The smallest absolute Gasteiger partial charge is 0.317 e. The number of rotatable bonds is 5. The average Bonchev–Trinajstić information content (AvgIpc) is 3.16. The van der Waals surface area contributed by atoms with Crippen LogP contribution in [0.15, 0.2) is 48.5 Å². The van der Waals surface area contributed by atoms with Crippen LogP contribution in [0, 0.1) is 0 Å². The van der Waals surface area contributed by atoms with Crippen LogP contribution in [-0.2, 0) is 6.42 Å². The minimum Gasteiger partial charge on any atom is -0.497 e. The second kappa shape index (κ2) is 8.21. The fourth-order valence-corrected chi connectivity index (χ4v) is 3.48. The van der Waals surface area contributed by atoms with Crippen molar-refractivity contribution >= 4 is 22.8 Å². The van der Waals surface area contributed by atoms with E-state index >= 15 is 0 Å². The van der Waals surface area contributed by atoms with E-state index < -0.39 is 0 Å². The molecule has 0 spiro atoms. The van der Waals surface area contributed by atoms with E-state index in [4.69, 9.17) is 4.74 Å². The number of carbonyl (C=O) groups is 1. The molecule has 1 aliphatic heterocycles. The van der Waals surface area contributed by atoms with Crippen molar-refractivity contribution in [3.05, 3.63) is 54.4 Å². The third-order valence-corrected chi connectivity index (χ3v) is 5.08. The number of nitrogens with one attached hydrogen (secondary N) is 2. The molecule has 2 amide bonds. The minimum atomic E-state index is -0.00880. The maximum Gasteiger partial charge on any atom is 0.317 e. The van der Waals surface area contributed by atoms with E-state index in [0.29, 0.717) is 26.1 Å². The lowest BCUT2D eigenvalue weighted by molar-refractivity contribution is 0.194. The number of urea groups is 1. The van der Waals surface area contributed by atoms with Gasteiger partial charge in [0.1, 0.15) is 11.6 Å². The monoisotopic (exact) mass is 379 g/mol. The zero-order valence-corrected chi connectivity index (χ0v) is 16.0.